The number of H-pyrrole nitrogens is 1. The zero-order valence-electron chi connectivity index (χ0n) is 19.1. The third-order valence-electron chi connectivity index (χ3n) is 7.39. The molecule has 0 aliphatic carbocycles. The van der Waals surface area contributed by atoms with Gasteiger partial charge in [0.1, 0.15) is 0 Å². The summed E-state index contributed by atoms with van der Waals surface area (Å²) in [4.78, 5) is 5.92. The lowest BCUT2D eigenvalue weighted by Gasteiger charge is -2.38. The van der Waals surface area contributed by atoms with Crippen molar-refractivity contribution in [3.63, 3.8) is 0 Å². The number of nitrogens with zero attached hydrogens (tertiary/aromatic N) is 3. The van der Waals surface area contributed by atoms with Crippen LogP contribution in [-0.2, 0) is 16.8 Å². The van der Waals surface area contributed by atoms with E-state index in [2.05, 4.69) is 42.1 Å². The van der Waals surface area contributed by atoms with Crippen LogP contribution in [0.25, 0.3) is 10.9 Å². The van der Waals surface area contributed by atoms with E-state index in [9.17, 15) is 8.42 Å². The molecule has 0 amide bonds. The zero-order valence-corrected chi connectivity index (χ0v) is 20.0. The highest BCUT2D eigenvalue weighted by Gasteiger charge is 2.34. The molecule has 2 aliphatic rings. The zero-order chi connectivity index (χ0) is 22.5. The molecule has 170 valence electrons. The third-order valence-corrected chi connectivity index (χ3v) is 9.24. The molecule has 1 saturated heterocycles. The van der Waals surface area contributed by atoms with Crippen LogP contribution in [0.3, 0.4) is 0 Å². The summed E-state index contributed by atoms with van der Waals surface area (Å²) in [6.07, 6.45) is 4.40. The molecule has 0 bridgehead atoms. The second kappa shape index (κ2) is 8.21. The molecule has 3 aromatic rings. The fourth-order valence-electron chi connectivity index (χ4n) is 5.25. The largest absolute Gasteiger partial charge is 0.361 e. The van der Waals surface area contributed by atoms with E-state index >= 15 is 0 Å². The number of nitrogens with one attached hydrogen (secondary N) is 1. The highest BCUT2D eigenvalue weighted by molar-refractivity contribution is 7.90. The number of aryl methyl sites for hydroxylation is 2. The number of benzene rings is 2. The number of aromatic nitrogens is 1. The predicted molar refractivity (Wildman–Crippen MR) is 130 cm³/mol. The highest BCUT2D eigenvalue weighted by Crippen LogP contribution is 2.35. The molecule has 7 heteroatoms. The SMILES string of the molecule is Cc1ccc2c(C3CCN(CCN4c5ccccc5CN(C)S4(=O)=O)CC3)c[nH]c2c1C. The minimum absolute atomic E-state index is 0.435. The first-order valence-electron chi connectivity index (χ1n) is 11.5. The molecule has 0 unspecified atom stereocenters. The number of anilines is 1. The van der Waals surface area contributed by atoms with E-state index in [1.807, 2.05) is 24.3 Å². The summed E-state index contributed by atoms with van der Waals surface area (Å²) in [5, 5.41) is 1.35. The first kappa shape index (κ1) is 21.5. The summed E-state index contributed by atoms with van der Waals surface area (Å²) in [6.45, 7) is 8.00. The number of piperidine rings is 1. The number of aromatic amines is 1. The molecule has 32 heavy (non-hydrogen) atoms. The van der Waals surface area contributed by atoms with Crippen LogP contribution in [0.15, 0.2) is 42.6 Å². The van der Waals surface area contributed by atoms with Gasteiger partial charge in [-0.05, 0) is 74.0 Å². The van der Waals surface area contributed by atoms with Crippen molar-refractivity contribution in [1.29, 1.82) is 0 Å². The van der Waals surface area contributed by atoms with Crippen molar-refractivity contribution < 1.29 is 8.42 Å². The Kier molecular flexibility index (Phi) is 5.51. The van der Waals surface area contributed by atoms with Crippen molar-refractivity contribution in [2.75, 3.05) is 37.5 Å². The average molecular weight is 453 g/mol. The van der Waals surface area contributed by atoms with Crippen LogP contribution in [-0.4, -0.2) is 55.8 Å². The van der Waals surface area contributed by atoms with Gasteiger partial charge in [0.15, 0.2) is 0 Å². The van der Waals surface area contributed by atoms with Crippen molar-refractivity contribution >= 4 is 26.8 Å². The Hall–Kier alpha value is -2.35. The van der Waals surface area contributed by atoms with E-state index in [4.69, 9.17) is 0 Å². The monoisotopic (exact) mass is 452 g/mol. The molecule has 5 rings (SSSR count). The number of likely N-dealkylation sites (tertiary alicyclic amines) is 1. The first-order chi connectivity index (χ1) is 15.4. The van der Waals surface area contributed by atoms with Gasteiger partial charge in [0.05, 0.1) is 5.69 Å². The minimum atomic E-state index is -3.46. The van der Waals surface area contributed by atoms with E-state index in [1.165, 1.54) is 31.9 Å². The lowest BCUT2D eigenvalue weighted by atomic mass is 9.88. The van der Waals surface area contributed by atoms with Crippen LogP contribution in [0.5, 0.6) is 0 Å². The normalized spacial score (nSPS) is 20.0. The summed E-state index contributed by atoms with van der Waals surface area (Å²) < 4.78 is 29.0. The molecule has 1 aromatic heterocycles. The molecule has 0 saturated carbocycles. The fraction of sp³-hybridized carbons (Fsp3) is 0.440. The number of para-hydroxylation sites is 1. The summed E-state index contributed by atoms with van der Waals surface area (Å²) in [7, 11) is -1.80. The molecular weight excluding hydrogens is 420 g/mol. The number of hydrogen-bond acceptors (Lipinski definition) is 3. The molecule has 0 atom stereocenters. The maximum atomic E-state index is 13.0. The Bertz CT molecular complexity index is 1240. The smallest absolute Gasteiger partial charge is 0.304 e. The van der Waals surface area contributed by atoms with Crippen molar-refractivity contribution in [3.8, 4) is 0 Å². The summed E-state index contributed by atoms with van der Waals surface area (Å²) in [5.74, 6) is 0.549. The maximum absolute atomic E-state index is 13.0. The van der Waals surface area contributed by atoms with Gasteiger partial charge >= 0.3 is 10.2 Å². The highest BCUT2D eigenvalue weighted by atomic mass is 32.2. The van der Waals surface area contributed by atoms with Crippen molar-refractivity contribution in [2.24, 2.45) is 0 Å². The van der Waals surface area contributed by atoms with E-state index in [0.29, 0.717) is 19.0 Å². The van der Waals surface area contributed by atoms with Crippen LogP contribution in [0.2, 0.25) is 0 Å². The van der Waals surface area contributed by atoms with Crippen LogP contribution in [0.1, 0.15) is 41.0 Å². The van der Waals surface area contributed by atoms with Gasteiger partial charge in [0.2, 0.25) is 0 Å². The van der Waals surface area contributed by atoms with Gasteiger partial charge in [-0.2, -0.15) is 12.7 Å². The Balaban J connectivity index is 1.26. The van der Waals surface area contributed by atoms with Crippen LogP contribution < -0.4 is 4.31 Å². The Morgan fingerprint density at radius 3 is 2.56 bits per heavy atom. The van der Waals surface area contributed by atoms with Gasteiger partial charge in [-0.3, -0.25) is 4.31 Å². The predicted octanol–water partition coefficient (Wildman–Crippen LogP) is 4.16. The Morgan fingerprint density at radius 1 is 1.03 bits per heavy atom. The topological polar surface area (TPSA) is 59.6 Å². The molecule has 1 fully saturated rings. The molecule has 2 aromatic carbocycles. The second-order valence-corrected chi connectivity index (χ2v) is 11.2. The van der Waals surface area contributed by atoms with Crippen LogP contribution in [0, 0.1) is 13.8 Å². The van der Waals surface area contributed by atoms with Gasteiger partial charge in [0, 0.05) is 43.8 Å². The summed E-state index contributed by atoms with van der Waals surface area (Å²) in [5.41, 5.74) is 7.23. The number of rotatable bonds is 4. The lowest BCUT2D eigenvalue weighted by Crippen LogP contribution is -2.49. The molecule has 1 N–H and O–H groups in total. The summed E-state index contributed by atoms with van der Waals surface area (Å²) in [6, 6.07) is 12.3. The van der Waals surface area contributed by atoms with Crippen molar-refractivity contribution in [2.45, 2.75) is 39.2 Å². The van der Waals surface area contributed by atoms with E-state index in [1.54, 1.807) is 11.4 Å². The average Bonchev–Trinajstić information content (AvgIpc) is 3.22. The molecular formula is C25H32N4O2S. The molecule has 3 heterocycles. The van der Waals surface area contributed by atoms with Gasteiger partial charge in [0.25, 0.3) is 0 Å². The quantitative estimate of drug-likeness (QED) is 0.647. The molecule has 6 nitrogen and oxygen atoms in total. The number of fused-ring (bicyclic) bond motifs is 2. The summed E-state index contributed by atoms with van der Waals surface area (Å²) >= 11 is 0. The Labute approximate surface area is 191 Å². The molecule has 0 spiro atoms. The van der Waals surface area contributed by atoms with Crippen LogP contribution in [0.4, 0.5) is 5.69 Å². The fourth-order valence-corrected chi connectivity index (χ4v) is 6.62. The maximum Gasteiger partial charge on any atom is 0.304 e. The molecule has 2 aliphatic heterocycles. The molecule has 0 radical (unpaired) electrons. The standard InChI is InChI=1S/C25H32N4O2S/c1-18-8-9-22-23(16-26-25(22)19(18)2)20-10-12-28(13-11-20)14-15-29-24-7-5-4-6-21(24)17-27(3)32(29,30)31/h4-9,16,20,26H,10-15,17H2,1-3H3. The van der Waals surface area contributed by atoms with Gasteiger partial charge in [-0.15, -0.1) is 0 Å². The van der Waals surface area contributed by atoms with Crippen LogP contribution >= 0.6 is 0 Å². The van der Waals surface area contributed by atoms with E-state index in [0.717, 1.165) is 43.7 Å². The minimum Gasteiger partial charge on any atom is -0.361 e. The van der Waals surface area contributed by atoms with Crippen molar-refractivity contribution in [1.82, 2.24) is 14.2 Å². The third kappa shape index (κ3) is 3.62. The Morgan fingerprint density at radius 2 is 1.78 bits per heavy atom. The second-order valence-electron chi connectivity index (χ2n) is 9.25. The van der Waals surface area contributed by atoms with E-state index in [-0.39, 0.29) is 0 Å². The van der Waals surface area contributed by atoms with E-state index < -0.39 is 10.2 Å². The van der Waals surface area contributed by atoms with Gasteiger partial charge in [-0.25, -0.2) is 0 Å². The first-order valence-corrected chi connectivity index (χ1v) is 12.9. The lowest BCUT2D eigenvalue weighted by molar-refractivity contribution is 0.218. The van der Waals surface area contributed by atoms with Crippen molar-refractivity contribution in [3.05, 3.63) is 64.8 Å². The van der Waals surface area contributed by atoms with Gasteiger partial charge < -0.3 is 9.88 Å². The number of hydrogen-bond donors (Lipinski definition) is 1. The van der Waals surface area contributed by atoms with Gasteiger partial charge in [-0.1, -0.05) is 30.3 Å².